The molecule has 0 amide bonds. The number of benzene rings is 1. The van der Waals surface area contributed by atoms with Crippen molar-refractivity contribution in [2.75, 3.05) is 32.7 Å². The Morgan fingerprint density at radius 3 is 2.83 bits per heavy atom. The van der Waals surface area contributed by atoms with Crippen LogP contribution in [0.15, 0.2) is 36.5 Å². The van der Waals surface area contributed by atoms with Gasteiger partial charge in [-0.3, -0.25) is 0 Å². The molecule has 0 spiro atoms. The number of rotatable bonds is 7. The first kappa shape index (κ1) is 16.3. The summed E-state index contributed by atoms with van der Waals surface area (Å²) in [5.41, 5.74) is 3.10. The lowest BCUT2D eigenvalue weighted by Gasteiger charge is -2.12. The van der Waals surface area contributed by atoms with E-state index in [0.717, 1.165) is 40.5 Å². The molecule has 3 aromatic rings. The third-order valence-electron chi connectivity index (χ3n) is 3.81. The number of hydrogen-bond donors (Lipinski definition) is 1. The van der Waals surface area contributed by atoms with Gasteiger partial charge < -0.3 is 19.4 Å². The van der Waals surface area contributed by atoms with E-state index in [1.807, 2.05) is 37.4 Å². The van der Waals surface area contributed by atoms with E-state index in [4.69, 9.17) is 9.47 Å². The maximum Gasteiger partial charge on any atom is 0.154 e. The van der Waals surface area contributed by atoms with Gasteiger partial charge in [-0.15, -0.1) is 0 Å². The molecule has 0 fully saturated rings. The molecule has 0 saturated heterocycles. The monoisotopic (exact) mass is 326 g/mol. The van der Waals surface area contributed by atoms with Gasteiger partial charge in [-0.1, -0.05) is 12.1 Å². The highest BCUT2D eigenvalue weighted by molar-refractivity contribution is 5.86. The molecule has 0 bridgehead atoms. The number of methoxy groups -OCH3 is 2. The SMILES string of the molecule is COCCNc1nc(C)nc2ccn(Cc3cccc(OC)c3)c12. The minimum absolute atomic E-state index is 0.626. The average Bonchev–Trinajstić information content (AvgIpc) is 2.98. The first-order valence-electron chi connectivity index (χ1n) is 7.90. The summed E-state index contributed by atoms with van der Waals surface area (Å²) in [5, 5.41) is 3.34. The second kappa shape index (κ2) is 7.31. The molecule has 1 aromatic carbocycles. The minimum atomic E-state index is 0.626. The van der Waals surface area contributed by atoms with Crippen LogP contribution in [0.1, 0.15) is 11.4 Å². The molecule has 2 aromatic heterocycles. The van der Waals surface area contributed by atoms with Crippen molar-refractivity contribution in [2.45, 2.75) is 13.5 Å². The van der Waals surface area contributed by atoms with E-state index < -0.39 is 0 Å². The number of ether oxygens (including phenoxy) is 2. The number of nitrogens with zero attached hydrogens (tertiary/aromatic N) is 3. The van der Waals surface area contributed by atoms with Crippen LogP contribution in [0.4, 0.5) is 5.82 Å². The molecule has 0 atom stereocenters. The Bertz CT molecular complexity index is 829. The smallest absolute Gasteiger partial charge is 0.154 e. The van der Waals surface area contributed by atoms with Gasteiger partial charge in [0.1, 0.15) is 17.1 Å². The van der Waals surface area contributed by atoms with Gasteiger partial charge in [0, 0.05) is 26.4 Å². The van der Waals surface area contributed by atoms with Crippen molar-refractivity contribution in [1.82, 2.24) is 14.5 Å². The summed E-state index contributed by atoms with van der Waals surface area (Å²) in [7, 11) is 3.37. The molecule has 24 heavy (non-hydrogen) atoms. The summed E-state index contributed by atoms with van der Waals surface area (Å²) < 4.78 is 12.6. The highest BCUT2D eigenvalue weighted by Crippen LogP contribution is 2.23. The molecule has 0 unspecified atom stereocenters. The number of nitrogens with one attached hydrogen (secondary N) is 1. The fourth-order valence-corrected chi connectivity index (χ4v) is 2.72. The van der Waals surface area contributed by atoms with Gasteiger partial charge in [0.2, 0.25) is 0 Å². The lowest BCUT2D eigenvalue weighted by molar-refractivity contribution is 0.210. The van der Waals surface area contributed by atoms with Gasteiger partial charge >= 0.3 is 0 Å². The highest BCUT2D eigenvalue weighted by atomic mass is 16.5. The van der Waals surface area contributed by atoms with Gasteiger partial charge in [0.05, 0.1) is 19.2 Å². The number of anilines is 1. The molecule has 0 aliphatic carbocycles. The third-order valence-corrected chi connectivity index (χ3v) is 3.81. The van der Waals surface area contributed by atoms with Gasteiger partial charge in [0.15, 0.2) is 5.82 Å². The van der Waals surface area contributed by atoms with E-state index in [0.29, 0.717) is 13.2 Å². The standard InChI is InChI=1S/C18H22N4O2/c1-13-20-16-7-9-22(12-14-5-4-6-15(11-14)24-3)17(16)18(21-13)19-8-10-23-2/h4-7,9,11H,8,10,12H2,1-3H3,(H,19,20,21). The Morgan fingerprint density at radius 1 is 1.17 bits per heavy atom. The van der Waals surface area contributed by atoms with Crippen molar-refractivity contribution in [1.29, 1.82) is 0 Å². The largest absolute Gasteiger partial charge is 0.497 e. The summed E-state index contributed by atoms with van der Waals surface area (Å²) in [6.07, 6.45) is 2.04. The van der Waals surface area contributed by atoms with Crippen LogP contribution < -0.4 is 10.1 Å². The molecular weight excluding hydrogens is 304 g/mol. The fraction of sp³-hybridized carbons (Fsp3) is 0.333. The molecule has 0 radical (unpaired) electrons. The van der Waals surface area contributed by atoms with Gasteiger partial charge in [-0.25, -0.2) is 9.97 Å². The molecule has 1 N–H and O–H groups in total. The summed E-state index contributed by atoms with van der Waals surface area (Å²) in [4.78, 5) is 9.09. The van der Waals surface area contributed by atoms with Crippen LogP contribution in [0.3, 0.4) is 0 Å². The van der Waals surface area contributed by atoms with E-state index in [1.165, 1.54) is 0 Å². The predicted octanol–water partition coefficient (Wildman–Crippen LogP) is 2.85. The summed E-state index contributed by atoms with van der Waals surface area (Å²) >= 11 is 0. The Kier molecular flexibility index (Phi) is 4.96. The average molecular weight is 326 g/mol. The summed E-state index contributed by atoms with van der Waals surface area (Å²) in [5.74, 6) is 2.44. The molecule has 3 rings (SSSR count). The second-order valence-corrected chi connectivity index (χ2v) is 5.57. The molecule has 2 heterocycles. The number of aryl methyl sites for hydroxylation is 1. The van der Waals surface area contributed by atoms with Crippen molar-refractivity contribution in [3.05, 3.63) is 47.9 Å². The molecule has 126 valence electrons. The van der Waals surface area contributed by atoms with Crippen molar-refractivity contribution in [3.63, 3.8) is 0 Å². The first-order chi connectivity index (χ1) is 11.7. The van der Waals surface area contributed by atoms with Crippen LogP contribution >= 0.6 is 0 Å². The predicted molar refractivity (Wildman–Crippen MR) is 94.7 cm³/mol. The highest BCUT2D eigenvalue weighted by Gasteiger charge is 2.11. The van der Waals surface area contributed by atoms with Crippen LogP contribution in [0.5, 0.6) is 5.75 Å². The number of aromatic nitrogens is 3. The van der Waals surface area contributed by atoms with E-state index in [-0.39, 0.29) is 0 Å². The lowest BCUT2D eigenvalue weighted by Crippen LogP contribution is -2.11. The van der Waals surface area contributed by atoms with Crippen molar-refractivity contribution >= 4 is 16.9 Å². The van der Waals surface area contributed by atoms with Crippen molar-refractivity contribution < 1.29 is 9.47 Å². The molecule has 0 aliphatic rings. The topological polar surface area (TPSA) is 61.2 Å². The maximum atomic E-state index is 5.31. The molecule has 0 saturated carbocycles. The molecule has 6 heteroatoms. The fourth-order valence-electron chi connectivity index (χ4n) is 2.72. The van der Waals surface area contributed by atoms with Crippen LogP contribution in [0, 0.1) is 6.92 Å². The quantitative estimate of drug-likeness (QED) is 0.677. The minimum Gasteiger partial charge on any atom is -0.497 e. The Hall–Kier alpha value is -2.60. The van der Waals surface area contributed by atoms with E-state index in [1.54, 1.807) is 14.2 Å². The zero-order chi connectivity index (χ0) is 16.9. The van der Waals surface area contributed by atoms with E-state index >= 15 is 0 Å². The molecule has 0 aliphatic heterocycles. The lowest BCUT2D eigenvalue weighted by atomic mass is 10.2. The number of fused-ring (bicyclic) bond motifs is 1. The van der Waals surface area contributed by atoms with Crippen molar-refractivity contribution in [2.24, 2.45) is 0 Å². The Morgan fingerprint density at radius 2 is 2.04 bits per heavy atom. The second-order valence-electron chi connectivity index (χ2n) is 5.57. The van der Waals surface area contributed by atoms with Crippen molar-refractivity contribution in [3.8, 4) is 5.75 Å². The third kappa shape index (κ3) is 3.49. The summed E-state index contributed by atoms with van der Waals surface area (Å²) in [6, 6.07) is 10.1. The van der Waals surface area contributed by atoms with Crippen LogP contribution in [0.25, 0.3) is 11.0 Å². The van der Waals surface area contributed by atoms with Gasteiger partial charge in [-0.05, 0) is 30.7 Å². The molecular formula is C18H22N4O2. The normalized spacial score (nSPS) is 11.0. The maximum absolute atomic E-state index is 5.31. The van der Waals surface area contributed by atoms with Crippen LogP contribution in [-0.2, 0) is 11.3 Å². The van der Waals surface area contributed by atoms with Gasteiger partial charge in [0.25, 0.3) is 0 Å². The molecule has 6 nitrogen and oxygen atoms in total. The first-order valence-corrected chi connectivity index (χ1v) is 7.90. The Labute approximate surface area is 141 Å². The van der Waals surface area contributed by atoms with E-state index in [2.05, 4.69) is 25.9 Å². The van der Waals surface area contributed by atoms with Crippen LogP contribution in [-0.4, -0.2) is 41.9 Å². The van der Waals surface area contributed by atoms with Gasteiger partial charge in [-0.2, -0.15) is 0 Å². The number of hydrogen-bond acceptors (Lipinski definition) is 5. The Balaban J connectivity index is 1.95. The zero-order valence-electron chi connectivity index (χ0n) is 14.2. The van der Waals surface area contributed by atoms with E-state index in [9.17, 15) is 0 Å². The zero-order valence-corrected chi connectivity index (χ0v) is 14.2. The summed E-state index contributed by atoms with van der Waals surface area (Å²) in [6.45, 7) is 3.96. The van der Waals surface area contributed by atoms with Crippen LogP contribution in [0.2, 0.25) is 0 Å².